The molecule has 0 N–H and O–H groups in total. The molecule has 0 radical (unpaired) electrons. The molecule has 0 aliphatic carbocycles. The first-order chi connectivity index (χ1) is 8.81. The number of aromatic nitrogens is 1. The average molecular weight is 248 g/mol. The van der Waals surface area contributed by atoms with Crippen molar-refractivity contribution in [3.05, 3.63) is 30.1 Å². The summed E-state index contributed by atoms with van der Waals surface area (Å²) in [6.45, 7) is 4.22. The maximum Gasteiger partial charge on any atom is 0.251 e. The molecular weight excluding hydrogens is 228 g/mol. The lowest BCUT2D eigenvalue weighted by molar-refractivity contribution is -0.140. The normalized spacial score (nSPS) is 18.8. The molecule has 1 saturated heterocycles. The lowest BCUT2D eigenvalue weighted by Crippen LogP contribution is -2.39. The fourth-order valence-corrected chi connectivity index (χ4v) is 2.21. The predicted octanol–water partition coefficient (Wildman–Crippen LogP) is 1.65. The first kappa shape index (κ1) is 13.0. The molecule has 0 spiro atoms. The van der Waals surface area contributed by atoms with Crippen molar-refractivity contribution in [2.75, 3.05) is 19.7 Å². The maximum absolute atomic E-state index is 12.2. The van der Waals surface area contributed by atoms with Crippen LogP contribution in [0.1, 0.15) is 25.3 Å². The van der Waals surface area contributed by atoms with Gasteiger partial charge in [0.25, 0.3) is 5.91 Å². The van der Waals surface area contributed by atoms with E-state index in [4.69, 9.17) is 4.74 Å². The summed E-state index contributed by atoms with van der Waals surface area (Å²) in [6.07, 6.45) is 6.10. The molecule has 1 fully saturated rings. The van der Waals surface area contributed by atoms with Crippen LogP contribution >= 0.6 is 0 Å². The SMILES string of the molecule is CCN(CCc1ccncc1)C(=O)C1CCCO1. The standard InChI is InChI=1S/C14H20N2O2/c1-2-16(14(17)13-4-3-11-18-13)10-7-12-5-8-15-9-6-12/h5-6,8-9,13H,2-4,7,10-11H2,1H3. The second-order valence-electron chi connectivity index (χ2n) is 4.53. The van der Waals surface area contributed by atoms with E-state index >= 15 is 0 Å². The number of ether oxygens (including phenoxy) is 1. The first-order valence-corrected chi connectivity index (χ1v) is 6.60. The highest BCUT2D eigenvalue weighted by atomic mass is 16.5. The summed E-state index contributed by atoms with van der Waals surface area (Å²) in [7, 11) is 0. The molecule has 0 aromatic carbocycles. The Labute approximate surface area is 108 Å². The molecule has 1 aliphatic heterocycles. The zero-order valence-electron chi connectivity index (χ0n) is 10.8. The van der Waals surface area contributed by atoms with Crippen LogP contribution < -0.4 is 0 Å². The smallest absolute Gasteiger partial charge is 0.251 e. The lowest BCUT2D eigenvalue weighted by Gasteiger charge is -2.23. The minimum atomic E-state index is -0.206. The molecule has 4 nitrogen and oxygen atoms in total. The molecule has 18 heavy (non-hydrogen) atoms. The van der Waals surface area contributed by atoms with Crippen LogP contribution in [-0.2, 0) is 16.0 Å². The number of nitrogens with zero attached hydrogens (tertiary/aromatic N) is 2. The van der Waals surface area contributed by atoms with E-state index in [1.165, 1.54) is 5.56 Å². The summed E-state index contributed by atoms with van der Waals surface area (Å²) in [5, 5.41) is 0. The van der Waals surface area contributed by atoms with Crippen LogP contribution in [0.3, 0.4) is 0 Å². The third-order valence-electron chi connectivity index (χ3n) is 3.32. The van der Waals surface area contributed by atoms with Crippen LogP contribution in [0.4, 0.5) is 0 Å². The molecule has 1 atom stereocenters. The van der Waals surface area contributed by atoms with E-state index in [0.717, 1.165) is 39.0 Å². The van der Waals surface area contributed by atoms with E-state index in [9.17, 15) is 4.79 Å². The van der Waals surface area contributed by atoms with Crippen LogP contribution in [0, 0.1) is 0 Å². The van der Waals surface area contributed by atoms with Gasteiger partial charge in [0.05, 0.1) is 0 Å². The van der Waals surface area contributed by atoms with Gasteiger partial charge in [-0.05, 0) is 43.9 Å². The van der Waals surface area contributed by atoms with E-state index in [0.29, 0.717) is 0 Å². The zero-order valence-corrected chi connectivity index (χ0v) is 10.8. The third kappa shape index (κ3) is 3.29. The van der Waals surface area contributed by atoms with Gasteiger partial charge in [-0.15, -0.1) is 0 Å². The number of hydrogen-bond donors (Lipinski definition) is 0. The van der Waals surface area contributed by atoms with Crippen LogP contribution in [0.25, 0.3) is 0 Å². The van der Waals surface area contributed by atoms with Gasteiger partial charge >= 0.3 is 0 Å². The number of carbonyl (C=O) groups excluding carboxylic acids is 1. The van der Waals surface area contributed by atoms with Gasteiger partial charge in [0.1, 0.15) is 6.10 Å². The van der Waals surface area contributed by atoms with Crippen molar-refractivity contribution < 1.29 is 9.53 Å². The van der Waals surface area contributed by atoms with Crippen molar-refractivity contribution in [1.29, 1.82) is 0 Å². The Morgan fingerprint density at radius 1 is 1.50 bits per heavy atom. The Morgan fingerprint density at radius 3 is 2.89 bits per heavy atom. The van der Waals surface area contributed by atoms with Gasteiger partial charge in [-0.1, -0.05) is 0 Å². The van der Waals surface area contributed by atoms with Crippen molar-refractivity contribution in [2.45, 2.75) is 32.3 Å². The Morgan fingerprint density at radius 2 is 2.28 bits per heavy atom. The Balaban J connectivity index is 1.87. The molecule has 1 amide bonds. The summed E-state index contributed by atoms with van der Waals surface area (Å²) in [4.78, 5) is 18.1. The summed E-state index contributed by atoms with van der Waals surface area (Å²) >= 11 is 0. The topological polar surface area (TPSA) is 42.4 Å². The fraction of sp³-hybridized carbons (Fsp3) is 0.571. The Bertz CT molecular complexity index is 375. The molecule has 4 heteroatoms. The molecule has 1 unspecified atom stereocenters. The highest BCUT2D eigenvalue weighted by molar-refractivity contribution is 5.81. The molecular formula is C14H20N2O2. The largest absolute Gasteiger partial charge is 0.368 e. The van der Waals surface area contributed by atoms with Gasteiger partial charge in [-0.25, -0.2) is 0 Å². The van der Waals surface area contributed by atoms with Gasteiger partial charge < -0.3 is 9.64 Å². The van der Waals surface area contributed by atoms with Crippen molar-refractivity contribution in [2.24, 2.45) is 0 Å². The number of hydrogen-bond acceptors (Lipinski definition) is 3. The molecule has 98 valence electrons. The highest BCUT2D eigenvalue weighted by Gasteiger charge is 2.27. The van der Waals surface area contributed by atoms with E-state index in [1.54, 1.807) is 12.4 Å². The molecule has 1 aliphatic rings. The summed E-state index contributed by atoms with van der Waals surface area (Å²) in [5.74, 6) is 0.143. The molecule has 0 saturated carbocycles. The minimum Gasteiger partial charge on any atom is -0.368 e. The van der Waals surface area contributed by atoms with Crippen molar-refractivity contribution in [3.63, 3.8) is 0 Å². The van der Waals surface area contributed by atoms with E-state index in [1.807, 2.05) is 24.0 Å². The fourth-order valence-electron chi connectivity index (χ4n) is 2.21. The number of rotatable bonds is 5. The summed E-state index contributed by atoms with van der Waals surface area (Å²) < 4.78 is 5.45. The molecule has 1 aromatic rings. The van der Waals surface area contributed by atoms with Crippen LogP contribution in [-0.4, -0.2) is 41.6 Å². The number of pyridine rings is 1. The summed E-state index contributed by atoms with van der Waals surface area (Å²) in [5.41, 5.74) is 1.21. The predicted molar refractivity (Wildman–Crippen MR) is 69.2 cm³/mol. The molecule has 2 heterocycles. The van der Waals surface area contributed by atoms with E-state index in [-0.39, 0.29) is 12.0 Å². The second kappa shape index (κ2) is 6.50. The van der Waals surface area contributed by atoms with Crippen LogP contribution in [0.2, 0.25) is 0 Å². The molecule has 0 bridgehead atoms. The van der Waals surface area contributed by atoms with Crippen molar-refractivity contribution in [1.82, 2.24) is 9.88 Å². The lowest BCUT2D eigenvalue weighted by atomic mass is 10.1. The molecule has 2 rings (SSSR count). The van der Waals surface area contributed by atoms with Gasteiger partial charge in [0.2, 0.25) is 0 Å². The van der Waals surface area contributed by atoms with Gasteiger partial charge in [0.15, 0.2) is 0 Å². The number of amides is 1. The van der Waals surface area contributed by atoms with Crippen LogP contribution in [0.15, 0.2) is 24.5 Å². The Hall–Kier alpha value is -1.42. The van der Waals surface area contributed by atoms with Gasteiger partial charge in [-0.2, -0.15) is 0 Å². The number of likely N-dealkylation sites (N-methyl/N-ethyl adjacent to an activating group) is 1. The second-order valence-corrected chi connectivity index (χ2v) is 4.53. The van der Waals surface area contributed by atoms with Gasteiger partial charge in [0, 0.05) is 32.1 Å². The average Bonchev–Trinajstić information content (AvgIpc) is 2.94. The third-order valence-corrected chi connectivity index (χ3v) is 3.32. The van der Waals surface area contributed by atoms with Crippen molar-refractivity contribution >= 4 is 5.91 Å². The quantitative estimate of drug-likeness (QED) is 0.795. The van der Waals surface area contributed by atoms with E-state index < -0.39 is 0 Å². The zero-order chi connectivity index (χ0) is 12.8. The van der Waals surface area contributed by atoms with Crippen LogP contribution in [0.5, 0.6) is 0 Å². The number of carbonyl (C=O) groups is 1. The summed E-state index contributed by atoms with van der Waals surface area (Å²) in [6, 6.07) is 3.98. The van der Waals surface area contributed by atoms with Gasteiger partial charge in [-0.3, -0.25) is 9.78 Å². The Kier molecular flexibility index (Phi) is 4.70. The maximum atomic E-state index is 12.2. The minimum absolute atomic E-state index is 0.143. The van der Waals surface area contributed by atoms with E-state index in [2.05, 4.69) is 4.98 Å². The monoisotopic (exact) mass is 248 g/mol. The first-order valence-electron chi connectivity index (χ1n) is 6.60. The highest BCUT2D eigenvalue weighted by Crippen LogP contribution is 2.15. The molecule has 1 aromatic heterocycles. The van der Waals surface area contributed by atoms with Crippen molar-refractivity contribution in [3.8, 4) is 0 Å².